The second kappa shape index (κ2) is 10.9. The second-order valence-electron chi connectivity index (χ2n) is 7.72. The molecule has 0 saturated heterocycles. The fourth-order valence-corrected chi connectivity index (χ4v) is 4.63. The van der Waals surface area contributed by atoms with Crippen LogP contribution in [-0.2, 0) is 23.1 Å². The molecule has 34 heavy (non-hydrogen) atoms. The molecule has 2 N–H and O–H groups in total. The van der Waals surface area contributed by atoms with E-state index in [2.05, 4.69) is 15.9 Å². The highest BCUT2D eigenvalue weighted by Crippen LogP contribution is 2.28. The Bertz CT molecular complexity index is 1370. The smallest absolute Gasteiger partial charge is 0.332 e. The number of esters is 1. The van der Waals surface area contributed by atoms with Crippen LogP contribution in [0.2, 0.25) is 0 Å². The molecule has 8 nitrogen and oxygen atoms in total. The zero-order valence-corrected chi connectivity index (χ0v) is 21.4. The average Bonchev–Trinajstić information content (AvgIpc) is 2.81. The first kappa shape index (κ1) is 25.5. The number of anilines is 1. The van der Waals surface area contributed by atoms with E-state index in [1.54, 1.807) is 24.3 Å². The minimum absolute atomic E-state index is 0.00378. The number of hydrogen-bond donors (Lipinski definition) is 1. The zero-order chi connectivity index (χ0) is 25.0. The summed E-state index contributed by atoms with van der Waals surface area (Å²) in [6, 6.07) is 13.0. The van der Waals surface area contributed by atoms with Gasteiger partial charge in [-0.3, -0.25) is 23.5 Å². The fraction of sp³-hybridized carbons (Fsp3) is 0.250. The lowest BCUT2D eigenvalue weighted by atomic mass is 10.2. The van der Waals surface area contributed by atoms with Crippen molar-refractivity contribution in [2.24, 2.45) is 7.05 Å². The van der Waals surface area contributed by atoms with E-state index in [0.717, 1.165) is 35.2 Å². The highest BCUT2D eigenvalue weighted by molar-refractivity contribution is 9.10. The van der Waals surface area contributed by atoms with Gasteiger partial charge in [0.1, 0.15) is 11.4 Å². The summed E-state index contributed by atoms with van der Waals surface area (Å²) in [7, 11) is 1.27. The molecule has 0 aliphatic heterocycles. The van der Waals surface area contributed by atoms with Gasteiger partial charge in [-0.05, 0) is 42.7 Å². The molecule has 0 radical (unpaired) electrons. The first-order valence-corrected chi connectivity index (χ1v) is 12.1. The standard InChI is InChI=1S/C24H24BrN3O5S/c1-14-10-19(15(2)9-17(14)25)34-13-20(30)33-12-18(29)21-22(26)28(24(32)27(3)23(21)31)11-16-7-5-4-6-8-16/h4-10H,11-13,26H2,1-3H3. The molecule has 0 atom stereocenters. The van der Waals surface area contributed by atoms with Gasteiger partial charge in [0.2, 0.25) is 5.78 Å². The number of benzene rings is 2. The molecular formula is C24H24BrN3O5S. The Morgan fingerprint density at radius 3 is 2.44 bits per heavy atom. The van der Waals surface area contributed by atoms with Crippen LogP contribution in [-0.4, -0.2) is 33.2 Å². The van der Waals surface area contributed by atoms with Gasteiger partial charge in [-0.1, -0.05) is 46.3 Å². The Morgan fingerprint density at radius 1 is 1.09 bits per heavy atom. The summed E-state index contributed by atoms with van der Waals surface area (Å²) in [5.74, 6) is -1.63. The van der Waals surface area contributed by atoms with E-state index in [-0.39, 0.29) is 23.7 Å². The molecule has 3 aromatic rings. The van der Waals surface area contributed by atoms with Gasteiger partial charge >= 0.3 is 11.7 Å². The number of hydrogen-bond acceptors (Lipinski definition) is 7. The highest BCUT2D eigenvalue weighted by Gasteiger charge is 2.23. The van der Waals surface area contributed by atoms with Gasteiger partial charge < -0.3 is 10.5 Å². The summed E-state index contributed by atoms with van der Waals surface area (Å²) in [4.78, 5) is 51.1. The van der Waals surface area contributed by atoms with Crippen LogP contribution >= 0.6 is 27.7 Å². The Hall–Kier alpha value is -3.11. The summed E-state index contributed by atoms with van der Waals surface area (Å²) in [5, 5.41) is 0. The molecule has 1 heterocycles. The quantitative estimate of drug-likeness (QED) is 0.263. The van der Waals surface area contributed by atoms with E-state index in [1.807, 2.05) is 32.0 Å². The summed E-state index contributed by atoms with van der Waals surface area (Å²) in [5.41, 5.74) is 7.03. The van der Waals surface area contributed by atoms with E-state index in [9.17, 15) is 19.2 Å². The van der Waals surface area contributed by atoms with Crippen LogP contribution in [0.25, 0.3) is 0 Å². The highest BCUT2D eigenvalue weighted by atomic mass is 79.9. The maximum Gasteiger partial charge on any atom is 0.332 e. The third-order valence-electron chi connectivity index (χ3n) is 5.21. The number of ketones is 1. The lowest BCUT2D eigenvalue weighted by molar-refractivity contribution is -0.139. The van der Waals surface area contributed by atoms with Crippen molar-refractivity contribution < 1.29 is 14.3 Å². The van der Waals surface area contributed by atoms with Gasteiger partial charge in [0.25, 0.3) is 5.56 Å². The van der Waals surface area contributed by atoms with E-state index in [1.165, 1.54) is 18.8 Å². The van der Waals surface area contributed by atoms with Gasteiger partial charge in [-0.2, -0.15) is 0 Å². The molecular weight excluding hydrogens is 522 g/mol. The monoisotopic (exact) mass is 545 g/mol. The minimum atomic E-state index is -0.830. The number of thioether (sulfide) groups is 1. The van der Waals surface area contributed by atoms with Gasteiger partial charge in [0.05, 0.1) is 12.3 Å². The molecule has 0 amide bonds. The molecule has 0 spiro atoms. The van der Waals surface area contributed by atoms with E-state index < -0.39 is 29.6 Å². The Labute approximate surface area is 208 Å². The molecule has 0 aliphatic rings. The van der Waals surface area contributed by atoms with Crippen molar-refractivity contribution in [1.29, 1.82) is 0 Å². The molecule has 0 saturated carbocycles. The van der Waals surface area contributed by atoms with Gasteiger partial charge in [0.15, 0.2) is 6.61 Å². The van der Waals surface area contributed by atoms with Crippen LogP contribution in [0.15, 0.2) is 61.4 Å². The largest absolute Gasteiger partial charge is 0.457 e. The van der Waals surface area contributed by atoms with Crippen LogP contribution in [0.1, 0.15) is 27.0 Å². The number of nitrogens with zero attached hydrogens (tertiary/aromatic N) is 2. The molecule has 2 aromatic carbocycles. The molecule has 0 unspecified atom stereocenters. The van der Waals surface area contributed by atoms with Crippen LogP contribution in [0, 0.1) is 13.8 Å². The molecule has 178 valence electrons. The van der Waals surface area contributed by atoms with Crippen molar-refractivity contribution in [2.45, 2.75) is 25.3 Å². The van der Waals surface area contributed by atoms with Crippen molar-refractivity contribution in [3.8, 4) is 0 Å². The molecule has 0 aliphatic carbocycles. The molecule has 10 heteroatoms. The maximum atomic E-state index is 12.8. The van der Waals surface area contributed by atoms with E-state index in [0.29, 0.717) is 0 Å². The molecule has 0 fully saturated rings. The van der Waals surface area contributed by atoms with E-state index in [4.69, 9.17) is 10.5 Å². The SMILES string of the molecule is Cc1cc(SCC(=O)OCC(=O)c2c(N)n(Cc3ccccc3)c(=O)n(C)c2=O)c(C)cc1Br. The topological polar surface area (TPSA) is 113 Å². The predicted molar refractivity (Wildman–Crippen MR) is 136 cm³/mol. The average molecular weight is 546 g/mol. The van der Waals surface area contributed by atoms with Gasteiger partial charge in [-0.15, -0.1) is 11.8 Å². The summed E-state index contributed by atoms with van der Waals surface area (Å²) >= 11 is 4.77. The van der Waals surface area contributed by atoms with Crippen molar-refractivity contribution in [3.05, 3.63) is 90.0 Å². The molecule has 1 aromatic heterocycles. The second-order valence-corrected chi connectivity index (χ2v) is 9.59. The van der Waals surface area contributed by atoms with Crippen LogP contribution in [0.4, 0.5) is 5.82 Å². The Morgan fingerprint density at radius 2 is 1.76 bits per heavy atom. The van der Waals surface area contributed by atoms with Gasteiger partial charge in [0, 0.05) is 16.4 Å². The predicted octanol–water partition coefficient (Wildman–Crippen LogP) is 3.08. The number of Topliss-reactive ketones (excluding diaryl/α,β-unsaturated/α-hetero) is 1. The number of aromatic nitrogens is 2. The summed E-state index contributed by atoms with van der Waals surface area (Å²) < 4.78 is 8.06. The minimum Gasteiger partial charge on any atom is -0.457 e. The van der Waals surface area contributed by atoms with Crippen molar-refractivity contribution in [1.82, 2.24) is 9.13 Å². The number of nitrogen functional groups attached to an aromatic ring is 1. The number of carbonyl (C=O) groups excluding carboxylic acids is 2. The lowest BCUT2D eigenvalue weighted by Gasteiger charge is -2.15. The Balaban J connectivity index is 1.73. The molecule has 3 rings (SSSR count). The lowest BCUT2D eigenvalue weighted by Crippen LogP contribution is -2.43. The Kier molecular flexibility index (Phi) is 8.16. The summed E-state index contributed by atoms with van der Waals surface area (Å²) in [6.07, 6.45) is 0. The van der Waals surface area contributed by atoms with Crippen LogP contribution in [0.3, 0.4) is 0 Å². The first-order chi connectivity index (χ1) is 16.1. The van der Waals surface area contributed by atoms with Crippen LogP contribution < -0.4 is 17.0 Å². The summed E-state index contributed by atoms with van der Waals surface area (Å²) in [6.45, 7) is 3.32. The number of rotatable bonds is 8. The van der Waals surface area contributed by atoms with Crippen molar-refractivity contribution in [2.75, 3.05) is 18.1 Å². The number of carbonyl (C=O) groups is 2. The van der Waals surface area contributed by atoms with Gasteiger partial charge in [-0.25, -0.2) is 4.79 Å². The number of aryl methyl sites for hydroxylation is 2. The number of ether oxygens (including phenoxy) is 1. The fourth-order valence-electron chi connectivity index (χ4n) is 3.27. The number of halogens is 1. The maximum absolute atomic E-state index is 12.8. The zero-order valence-electron chi connectivity index (χ0n) is 19.0. The van der Waals surface area contributed by atoms with Crippen LogP contribution in [0.5, 0.6) is 0 Å². The first-order valence-electron chi connectivity index (χ1n) is 10.3. The third kappa shape index (κ3) is 5.68. The van der Waals surface area contributed by atoms with Crippen molar-refractivity contribution in [3.63, 3.8) is 0 Å². The normalized spacial score (nSPS) is 10.8. The molecule has 0 bridgehead atoms. The number of nitrogens with two attached hydrogens (primary N) is 1. The van der Waals surface area contributed by atoms with E-state index >= 15 is 0 Å². The van der Waals surface area contributed by atoms with Crippen molar-refractivity contribution >= 4 is 45.3 Å². The third-order valence-corrected chi connectivity index (χ3v) is 7.20.